The maximum Gasteiger partial charge on any atom is 0.248 e. The van der Waals surface area contributed by atoms with Crippen molar-refractivity contribution in [2.24, 2.45) is 11.8 Å². The highest BCUT2D eigenvalue weighted by Gasteiger charge is 2.76. The molecule has 1 aromatic rings. The Hall–Kier alpha value is -2.26. The van der Waals surface area contributed by atoms with E-state index in [1.54, 1.807) is 23.7 Å². The van der Waals surface area contributed by atoms with Crippen LogP contribution in [-0.2, 0) is 14.4 Å². The topological polar surface area (TPSA) is 102 Å². The number of unbranched alkanes of at least 4 members (excludes halogenated alkanes) is 3. The number of hydrogen-bond acceptors (Lipinski definition) is 6. The van der Waals surface area contributed by atoms with Gasteiger partial charge in [-0.2, -0.15) is 0 Å². The van der Waals surface area contributed by atoms with Gasteiger partial charge in [-0.15, -0.1) is 11.8 Å². The number of benzene rings is 1. The van der Waals surface area contributed by atoms with Crippen molar-refractivity contribution in [3.63, 3.8) is 0 Å². The molecule has 3 aliphatic rings. The number of nitrogens with zero attached hydrogens (tertiary/aromatic N) is 2. The van der Waals surface area contributed by atoms with Gasteiger partial charge in [0.05, 0.1) is 16.6 Å². The normalized spacial score (nSPS) is 29.9. The Labute approximate surface area is 224 Å². The van der Waals surface area contributed by atoms with Gasteiger partial charge in [0.25, 0.3) is 0 Å². The summed E-state index contributed by atoms with van der Waals surface area (Å²) in [5.74, 6) is -1.27. The lowest BCUT2D eigenvalue weighted by molar-refractivity contribution is -0.140. The van der Waals surface area contributed by atoms with Crippen molar-refractivity contribution in [1.29, 1.82) is 0 Å². The molecule has 0 saturated carbocycles. The first-order valence-corrected chi connectivity index (χ1v) is 14.6. The first kappa shape index (κ1) is 27.8. The second-order valence-electron chi connectivity index (χ2n) is 10.7. The summed E-state index contributed by atoms with van der Waals surface area (Å²) in [5, 5.41) is 15.0. The first-order valence-electron chi connectivity index (χ1n) is 13.7. The Bertz CT molecular complexity index is 1000. The highest BCUT2D eigenvalue weighted by atomic mass is 32.2. The van der Waals surface area contributed by atoms with Crippen LogP contribution in [0.3, 0.4) is 0 Å². The van der Waals surface area contributed by atoms with Gasteiger partial charge in [-0.3, -0.25) is 14.4 Å². The second-order valence-corrected chi connectivity index (χ2v) is 12.6. The fourth-order valence-electron chi connectivity index (χ4n) is 6.83. The number of hydrogen-bond donors (Lipinski definition) is 3. The number of carbonyl (C=O) groups is 3. The summed E-state index contributed by atoms with van der Waals surface area (Å²) in [6.45, 7) is 8.78. The van der Waals surface area contributed by atoms with Crippen LogP contribution in [0.2, 0.25) is 0 Å². The Balaban J connectivity index is 1.60. The molecule has 3 fully saturated rings. The zero-order valence-electron chi connectivity index (χ0n) is 22.6. The highest BCUT2D eigenvalue weighted by molar-refractivity contribution is 8.02. The monoisotopic (exact) mass is 530 g/mol. The number of aliphatic hydroxyl groups is 1. The van der Waals surface area contributed by atoms with Crippen molar-refractivity contribution >= 4 is 40.9 Å². The SMILES string of the molecule is CCN(CC)c1ccc(NC(=O)C2N(CCCCCCO)C(=O)[C@@H]3[C@H](C(=O)NC)[C@]4(C)CCC23S4)cc1. The number of amides is 3. The van der Waals surface area contributed by atoms with Crippen molar-refractivity contribution in [3.05, 3.63) is 24.3 Å². The first-order chi connectivity index (χ1) is 17.8. The van der Waals surface area contributed by atoms with Crippen LogP contribution in [0.5, 0.6) is 0 Å². The van der Waals surface area contributed by atoms with E-state index in [0.717, 1.165) is 57.3 Å². The van der Waals surface area contributed by atoms with E-state index in [9.17, 15) is 14.4 Å². The molecule has 3 aliphatic heterocycles. The summed E-state index contributed by atoms with van der Waals surface area (Å²) < 4.78 is -0.947. The number of likely N-dealkylation sites (tertiary alicyclic amines) is 1. The Morgan fingerprint density at radius 2 is 1.76 bits per heavy atom. The number of anilines is 2. The molecule has 3 saturated heterocycles. The lowest BCUT2D eigenvalue weighted by Crippen LogP contribution is -2.52. The Kier molecular flexibility index (Phi) is 8.43. The molecule has 3 amide bonds. The van der Waals surface area contributed by atoms with Crippen LogP contribution < -0.4 is 15.5 Å². The van der Waals surface area contributed by atoms with Crippen molar-refractivity contribution in [1.82, 2.24) is 10.2 Å². The minimum atomic E-state index is -0.619. The fraction of sp³-hybridized carbons (Fsp3) is 0.679. The lowest BCUT2D eigenvalue weighted by atomic mass is 9.66. The number of fused-ring (bicyclic) bond motifs is 1. The van der Waals surface area contributed by atoms with E-state index in [0.29, 0.717) is 12.2 Å². The molecule has 204 valence electrons. The average Bonchev–Trinajstić information content (AvgIpc) is 3.46. The second kappa shape index (κ2) is 11.2. The number of aliphatic hydroxyl groups excluding tert-OH is 1. The molecule has 0 aliphatic carbocycles. The summed E-state index contributed by atoms with van der Waals surface area (Å²) in [6, 6.07) is 7.25. The van der Waals surface area contributed by atoms with Crippen LogP contribution in [0.25, 0.3) is 0 Å². The Morgan fingerprint density at radius 3 is 2.38 bits per heavy atom. The van der Waals surface area contributed by atoms with E-state index in [1.165, 1.54) is 0 Å². The van der Waals surface area contributed by atoms with Gasteiger partial charge in [0.15, 0.2) is 0 Å². The van der Waals surface area contributed by atoms with E-state index in [4.69, 9.17) is 5.11 Å². The lowest BCUT2D eigenvalue weighted by Gasteiger charge is -2.34. The molecule has 1 spiro atoms. The molecule has 0 radical (unpaired) electrons. The van der Waals surface area contributed by atoms with Crippen molar-refractivity contribution < 1.29 is 19.5 Å². The van der Waals surface area contributed by atoms with Gasteiger partial charge >= 0.3 is 0 Å². The zero-order valence-corrected chi connectivity index (χ0v) is 23.4. The van der Waals surface area contributed by atoms with E-state index in [1.807, 2.05) is 24.3 Å². The van der Waals surface area contributed by atoms with Gasteiger partial charge in [-0.25, -0.2) is 0 Å². The summed E-state index contributed by atoms with van der Waals surface area (Å²) in [7, 11) is 1.62. The van der Waals surface area contributed by atoms with Gasteiger partial charge in [-0.1, -0.05) is 12.8 Å². The number of rotatable bonds is 12. The van der Waals surface area contributed by atoms with Gasteiger partial charge < -0.3 is 25.5 Å². The Morgan fingerprint density at radius 1 is 1.08 bits per heavy atom. The third-order valence-electron chi connectivity index (χ3n) is 8.62. The standard InChI is InChI=1S/C28H42N4O4S/c1-5-31(6-2)20-13-11-19(12-14-20)30-25(35)23-28-16-15-27(3,37-28)21(24(34)29-4)22(28)26(36)32(23)17-9-7-8-10-18-33/h11-14,21-23,33H,5-10,15-18H2,1-4H3,(H,29,34)(H,30,35)/t21-,22+,23?,27+,28?/m1/s1. The molecule has 1 aromatic carbocycles. The maximum absolute atomic E-state index is 14.0. The van der Waals surface area contributed by atoms with Crippen LogP contribution >= 0.6 is 11.8 Å². The smallest absolute Gasteiger partial charge is 0.248 e. The van der Waals surface area contributed by atoms with Crippen LogP contribution in [0.15, 0.2) is 24.3 Å². The highest BCUT2D eigenvalue weighted by Crippen LogP contribution is 2.71. The molecule has 8 nitrogen and oxygen atoms in total. The zero-order chi connectivity index (χ0) is 26.8. The quantitative estimate of drug-likeness (QED) is 0.359. The van der Waals surface area contributed by atoms with E-state index in [2.05, 4.69) is 36.3 Å². The van der Waals surface area contributed by atoms with Crippen LogP contribution in [0.1, 0.15) is 59.3 Å². The third kappa shape index (κ3) is 4.85. The fourth-order valence-corrected chi connectivity index (χ4v) is 9.18. The molecular weight excluding hydrogens is 488 g/mol. The number of nitrogens with one attached hydrogen (secondary N) is 2. The van der Waals surface area contributed by atoms with Crippen molar-refractivity contribution in [3.8, 4) is 0 Å². The van der Waals surface area contributed by atoms with Crippen LogP contribution in [-0.4, -0.2) is 76.6 Å². The summed E-state index contributed by atoms with van der Waals surface area (Å²) >= 11 is 1.69. The predicted molar refractivity (Wildman–Crippen MR) is 149 cm³/mol. The molecule has 2 unspecified atom stereocenters. The maximum atomic E-state index is 14.0. The van der Waals surface area contributed by atoms with Crippen LogP contribution in [0.4, 0.5) is 11.4 Å². The van der Waals surface area contributed by atoms with Gasteiger partial charge in [-0.05, 0) is 70.7 Å². The molecule has 37 heavy (non-hydrogen) atoms. The number of carbonyl (C=O) groups excluding carboxylic acids is 3. The van der Waals surface area contributed by atoms with E-state index in [-0.39, 0.29) is 29.1 Å². The largest absolute Gasteiger partial charge is 0.396 e. The van der Waals surface area contributed by atoms with E-state index < -0.39 is 22.6 Å². The third-order valence-corrected chi connectivity index (χ3v) is 10.6. The van der Waals surface area contributed by atoms with Crippen molar-refractivity contribution in [2.45, 2.75) is 74.8 Å². The summed E-state index contributed by atoms with van der Waals surface area (Å²) in [5.41, 5.74) is 1.82. The molecule has 0 aromatic heterocycles. The number of thioether (sulfide) groups is 1. The minimum absolute atomic E-state index is 0.0660. The van der Waals surface area contributed by atoms with Crippen molar-refractivity contribution in [2.75, 3.05) is 43.5 Å². The minimum Gasteiger partial charge on any atom is -0.396 e. The summed E-state index contributed by atoms with van der Waals surface area (Å²) in [4.78, 5) is 44.9. The van der Waals surface area contributed by atoms with Crippen LogP contribution in [0, 0.1) is 11.8 Å². The van der Waals surface area contributed by atoms with Gasteiger partial charge in [0, 0.05) is 49.4 Å². The molecule has 3 N–H and O–H groups in total. The van der Waals surface area contributed by atoms with E-state index >= 15 is 0 Å². The summed E-state index contributed by atoms with van der Waals surface area (Å²) in [6.07, 6.45) is 4.83. The molecule has 2 bridgehead atoms. The molecule has 9 heteroatoms. The molecule has 3 heterocycles. The molecular formula is C28H42N4O4S. The molecule has 5 atom stereocenters. The average molecular weight is 531 g/mol. The predicted octanol–water partition coefficient (Wildman–Crippen LogP) is 3.25. The van der Waals surface area contributed by atoms with Gasteiger partial charge in [0.2, 0.25) is 17.7 Å². The molecule has 4 rings (SSSR count). The van der Waals surface area contributed by atoms with Gasteiger partial charge in [0.1, 0.15) is 6.04 Å².